The number of H-pyrrole nitrogens is 4. The number of anilines is 12. The number of aromatic nitrogens is 16. The van der Waals surface area contributed by atoms with Gasteiger partial charge in [0.05, 0.1) is 88.1 Å². The summed E-state index contributed by atoms with van der Waals surface area (Å²) < 4.78 is 3.09. The Bertz CT molecular complexity index is 6450. The first-order chi connectivity index (χ1) is 54.6. The van der Waals surface area contributed by atoms with Gasteiger partial charge in [0.25, 0.3) is 0 Å². The van der Waals surface area contributed by atoms with E-state index in [0.717, 1.165) is 154 Å². The van der Waals surface area contributed by atoms with Gasteiger partial charge in [-0.3, -0.25) is 20.4 Å². The summed E-state index contributed by atoms with van der Waals surface area (Å²) in [5, 5.41) is 66.4. The minimum Gasteiger partial charge on any atom is -0.350 e. The molecule has 0 radical (unpaired) electrons. The maximum absolute atomic E-state index is 5.95. The first kappa shape index (κ1) is 70.8. The smallest absolute Gasteiger partial charge is 0.225 e. The number of thioether (sulfide) groups is 1. The van der Waals surface area contributed by atoms with Crippen LogP contribution in [0.25, 0.3) is 74.3 Å². The number of thiophene rings is 3. The van der Waals surface area contributed by atoms with Gasteiger partial charge in [-0.15, -0.1) is 45.8 Å². The summed E-state index contributed by atoms with van der Waals surface area (Å²) in [5.74, 6) is 6.74. The predicted octanol–water partition coefficient (Wildman–Crippen LogP) is 20.4. The van der Waals surface area contributed by atoms with Gasteiger partial charge in [-0.05, 0) is 161 Å². The van der Waals surface area contributed by atoms with Gasteiger partial charge >= 0.3 is 0 Å². The summed E-state index contributed by atoms with van der Waals surface area (Å²) in [6, 6.07) is 65.1. The minimum atomic E-state index is 0.577. The average molecular weight is 1550 g/mol. The summed E-state index contributed by atoms with van der Waals surface area (Å²) in [6.45, 7) is 6.90. The predicted molar refractivity (Wildman–Crippen MR) is 456 cm³/mol. The second-order valence-electron chi connectivity index (χ2n) is 26.0. The molecule has 111 heavy (non-hydrogen) atoms. The lowest BCUT2D eigenvalue weighted by molar-refractivity contribution is 0.957. The molecule has 0 fully saturated rings. The molecule has 29 heteroatoms. The van der Waals surface area contributed by atoms with Crippen molar-refractivity contribution < 1.29 is 0 Å². The Labute approximate surface area is 656 Å². The van der Waals surface area contributed by atoms with Crippen molar-refractivity contribution in [2.75, 3.05) is 48.3 Å². The number of hydrogen-bond donors (Lipinski definition) is 12. The summed E-state index contributed by atoms with van der Waals surface area (Å²) in [4.78, 5) is 38.7. The van der Waals surface area contributed by atoms with Crippen molar-refractivity contribution in [3.8, 4) is 0 Å². The molecule has 20 rings (SSSR count). The first-order valence-electron chi connectivity index (χ1n) is 35.5. The van der Waals surface area contributed by atoms with Gasteiger partial charge in [0, 0.05) is 87.7 Å². The van der Waals surface area contributed by atoms with Crippen molar-refractivity contribution in [1.82, 2.24) is 80.7 Å². The number of aromatic amines is 4. The molecule has 548 valence electrons. The van der Waals surface area contributed by atoms with Gasteiger partial charge in [-0.25, -0.2) is 19.9 Å². The SMILES string of the molecule is Cc1cccc(CNc2nc(Nc3ccc4[nH]ncc4c3)c3sccc3n2)c1.Cc1ccccc1CNc1nc2c(c(Nc3ccc4[nH]ncc4c3)n1)SCC2.Clc1ccc(CNc2nc(Nc3ccc4[nH]ncc4c3)c3sccc3n2)cc1.c1ccc(CNc2nc(Nc3ccc4[nH]ncc4c3)c3sccc3n2)cc1. The number of nitrogens with zero attached hydrogens (tertiary/aromatic N) is 12. The second-order valence-corrected chi connectivity index (χ2v) is 30.3. The number of nitrogens with one attached hydrogen (secondary N) is 12. The van der Waals surface area contributed by atoms with Gasteiger partial charge in [-0.1, -0.05) is 108 Å². The van der Waals surface area contributed by atoms with E-state index in [2.05, 4.69) is 191 Å². The zero-order valence-corrected chi connectivity index (χ0v) is 63.7. The lowest BCUT2D eigenvalue weighted by Gasteiger charge is -2.13. The molecule has 0 bridgehead atoms. The molecule has 11 aromatic heterocycles. The fourth-order valence-electron chi connectivity index (χ4n) is 12.5. The lowest BCUT2D eigenvalue weighted by atomic mass is 10.1. The highest BCUT2D eigenvalue weighted by Gasteiger charge is 2.22. The van der Waals surface area contributed by atoms with Crippen LogP contribution in [0.15, 0.2) is 240 Å². The Hall–Kier alpha value is -13.1. The molecular formula is C82H69ClN24S4. The number of fused-ring (bicyclic) bond motifs is 8. The number of halogens is 1. The highest BCUT2D eigenvalue weighted by Crippen LogP contribution is 2.39. The monoisotopic (exact) mass is 1550 g/mol. The molecule has 0 aliphatic carbocycles. The maximum atomic E-state index is 5.95. The van der Waals surface area contributed by atoms with Crippen LogP contribution in [-0.4, -0.2) is 86.4 Å². The van der Waals surface area contributed by atoms with E-state index in [-0.39, 0.29) is 0 Å². The minimum absolute atomic E-state index is 0.577. The summed E-state index contributed by atoms with van der Waals surface area (Å²) >= 11 is 12.6. The molecular weight excluding hydrogens is 1480 g/mol. The topological polar surface area (TPSA) is 314 Å². The van der Waals surface area contributed by atoms with Gasteiger partial charge in [0.2, 0.25) is 23.8 Å². The standard InChI is InChI=1S/C21H18N6S.C21H20N6S.C20H15ClN6S.C20H16N6S/c1-13-3-2-4-14(9-13)11-22-21-25-18-7-8-28-19(18)20(26-21)24-16-5-6-17-15(10-16)12-23-27-17;1-13-4-2-3-5-14(13)11-22-21-25-18-8-9-28-19(18)20(26-21)24-16-6-7-17-15(10-16)12-23-27-17;21-14-3-1-12(2-4-14)10-22-20-25-17-7-8-28-18(17)19(26-20)24-15-5-6-16-13(9-15)11-23-27-16;1-2-4-13(5-3-1)11-21-20-24-17-8-9-27-18(17)19(25-20)23-15-6-7-16-14(10-15)12-22-26-16/h2-10,12H,11H2,1H3,(H,23,27)(H2,22,24,25,26);2-7,10,12H,8-9,11H2,1H3,(H,23,27)(H2,22,24,25,26);1-9,11H,10H2,(H,23,27)(H2,22,24,25,26);1-10,12H,11H2,(H,22,26)(H2,21,23,24,25). The van der Waals surface area contributed by atoms with Crippen LogP contribution in [0.5, 0.6) is 0 Å². The number of benzene rings is 8. The molecule has 0 atom stereocenters. The summed E-state index contributed by atoms with van der Waals surface area (Å²) in [5.41, 5.74) is 19.0. The van der Waals surface area contributed by atoms with Gasteiger partial charge in [-0.2, -0.15) is 40.3 Å². The van der Waals surface area contributed by atoms with Crippen LogP contribution in [0.1, 0.15) is 39.1 Å². The molecule has 1 aliphatic heterocycles. The van der Waals surface area contributed by atoms with E-state index in [1.807, 2.05) is 162 Å². The molecule has 12 heterocycles. The maximum Gasteiger partial charge on any atom is 0.225 e. The second kappa shape index (κ2) is 32.8. The zero-order chi connectivity index (χ0) is 74.8. The quantitative estimate of drug-likeness (QED) is 0.0337. The van der Waals surface area contributed by atoms with E-state index < -0.39 is 0 Å². The van der Waals surface area contributed by atoms with Crippen molar-refractivity contribution in [3.63, 3.8) is 0 Å². The Morgan fingerprint density at radius 1 is 0.369 bits per heavy atom. The molecule has 19 aromatic rings. The molecule has 0 unspecified atom stereocenters. The van der Waals surface area contributed by atoms with E-state index in [0.29, 0.717) is 50.0 Å². The van der Waals surface area contributed by atoms with Crippen LogP contribution in [0.3, 0.4) is 0 Å². The Morgan fingerprint density at radius 3 is 1.24 bits per heavy atom. The Balaban J connectivity index is 0.000000108. The van der Waals surface area contributed by atoms with Crippen LogP contribution in [0.2, 0.25) is 5.02 Å². The lowest BCUT2D eigenvalue weighted by Crippen LogP contribution is -2.08. The van der Waals surface area contributed by atoms with Crippen LogP contribution >= 0.6 is 57.4 Å². The van der Waals surface area contributed by atoms with E-state index in [9.17, 15) is 0 Å². The van der Waals surface area contributed by atoms with E-state index in [1.165, 1.54) is 27.8 Å². The number of aryl methyl sites for hydroxylation is 3. The van der Waals surface area contributed by atoms with Crippen molar-refractivity contribution in [1.29, 1.82) is 0 Å². The van der Waals surface area contributed by atoms with Crippen LogP contribution < -0.4 is 42.5 Å². The normalized spacial score (nSPS) is 11.6. The van der Waals surface area contributed by atoms with E-state index in [4.69, 9.17) is 36.5 Å². The molecule has 0 saturated carbocycles. The summed E-state index contributed by atoms with van der Waals surface area (Å²) in [6.07, 6.45) is 8.23. The molecule has 1 aliphatic rings. The molecule has 12 N–H and O–H groups in total. The van der Waals surface area contributed by atoms with Crippen molar-refractivity contribution in [2.45, 2.75) is 51.3 Å². The van der Waals surface area contributed by atoms with Crippen molar-refractivity contribution in [3.05, 3.63) is 279 Å². The fraction of sp³-hybridized carbons (Fsp3) is 0.0976. The van der Waals surface area contributed by atoms with Crippen LogP contribution in [0.4, 0.5) is 69.8 Å². The molecule has 0 amide bonds. The number of rotatable bonds is 20. The fourth-order valence-corrected chi connectivity index (χ4v) is 16.0. The van der Waals surface area contributed by atoms with Gasteiger partial charge in [0.15, 0.2) is 17.5 Å². The van der Waals surface area contributed by atoms with Gasteiger partial charge in [0.1, 0.15) is 5.82 Å². The van der Waals surface area contributed by atoms with Gasteiger partial charge < -0.3 is 42.5 Å². The highest BCUT2D eigenvalue weighted by molar-refractivity contribution is 7.99. The first-order valence-corrected chi connectivity index (χ1v) is 39.5. The van der Waals surface area contributed by atoms with Crippen molar-refractivity contribution in [2.24, 2.45) is 0 Å². The highest BCUT2D eigenvalue weighted by atomic mass is 35.5. The summed E-state index contributed by atoms with van der Waals surface area (Å²) in [7, 11) is 0. The Morgan fingerprint density at radius 2 is 0.775 bits per heavy atom. The number of hydrogen-bond acceptors (Lipinski definition) is 24. The van der Waals surface area contributed by atoms with Crippen molar-refractivity contribution >= 4 is 201 Å². The van der Waals surface area contributed by atoms with Crippen LogP contribution in [-0.2, 0) is 32.6 Å². The third-order valence-electron chi connectivity index (χ3n) is 18.1. The third kappa shape index (κ3) is 17.1. The average Bonchev–Trinajstić information content (AvgIpc) is 1.73. The Kier molecular flexibility index (Phi) is 20.9. The van der Waals surface area contributed by atoms with E-state index >= 15 is 0 Å². The molecule has 8 aromatic carbocycles. The third-order valence-corrected chi connectivity index (χ3v) is 22.2. The van der Waals surface area contributed by atoms with E-state index in [1.54, 1.807) is 40.2 Å². The molecule has 0 saturated heterocycles. The largest absolute Gasteiger partial charge is 0.350 e. The molecule has 0 spiro atoms. The zero-order valence-electron chi connectivity index (χ0n) is 59.6. The molecule has 24 nitrogen and oxygen atoms in total. The van der Waals surface area contributed by atoms with Crippen LogP contribution in [0, 0.1) is 13.8 Å².